The van der Waals surface area contributed by atoms with Crippen LogP contribution in [0.5, 0.6) is 0 Å². The van der Waals surface area contributed by atoms with Gasteiger partial charge in [-0.25, -0.2) is 0 Å². The molecule has 2 aromatic heterocycles. The molecule has 0 fully saturated rings. The second-order valence-corrected chi connectivity index (χ2v) is 4.33. The minimum absolute atomic E-state index is 0.0322. The zero-order valence-electron chi connectivity index (χ0n) is 8.18. The smallest absolute Gasteiger partial charge is 0.235 e. The largest absolute Gasteiger partial charge is 0.292 e. The van der Waals surface area contributed by atoms with Crippen molar-refractivity contribution in [3.8, 4) is 0 Å². The molecule has 74 valence electrons. The molecule has 2 rings (SSSR count). The van der Waals surface area contributed by atoms with Gasteiger partial charge in [0.2, 0.25) is 4.96 Å². The number of rotatable bonds is 2. The Labute approximate surface area is 84.8 Å². The van der Waals surface area contributed by atoms with E-state index >= 15 is 0 Å². The van der Waals surface area contributed by atoms with Crippen molar-refractivity contribution in [2.45, 2.75) is 26.7 Å². The summed E-state index contributed by atoms with van der Waals surface area (Å²) in [4.78, 5) is 11.8. The van der Waals surface area contributed by atoms with Crippen molar-refractivity contribution in [2.75, 3.05) is 0 Å². The van der Waals surface area contributed by atoms with Gasteiger partial charge in [0.05, 0.1) is 0 Å². The highest BCUT2D eigenvalue weighted by Gasteiger charge is 2.15. The Kier molecular flexibility index (Phi) is 2.07. The topological polar surface area (TPSA) is 60.2 Å². The molecular weight excluding hydrogens is 200 g/mol. The molecule has 2 aromatic rings. The molecule has 0 spiro atoms. The van der Waals surface area contributed by atoms with Gasteiger partial charge < -0.3 is 0 Å². The van der Waals surface area contributed by atoms with Crippen LogP contribution in [-0.4, -0.2) is 25.6 Å². The predicted molar refractivity (Wildman–Crippen MR) is 52.8 cm³/mol. The van der Waals surface area contributed by atoms with Crippen molar-refractivity contribution in [1.82, 2.24) is 19.8 Å². The number of ketones is 1. The van der Waals surface area contributed by atoms with Crippen molar-refractivity contribution in [3.63, 3.8) is 0 Å². The van der Waals surface area contributed by atoms with E-state index in [2.05, 4.69) is 15.3 Å². The molecule has 2 heterocycles. The van der Waals surface area contributed by atoms with Crippen LogP contribution in [0.15, 0.2) is 0 Å². The first-order valence-electron chi connectivity index (χ1n) is 4.32. The van der Waals surface area contributed by atoms with Gasteiger partial charge in [-0.2, -0.15) is 4.52 Å². The average Bonchev–Trinajstić information content (AvgIpc) is 2.58. The maximum absolute atomic E-state index is 11.1. The van der Waals surface area contributed by atoms with Crippen molar-refractivity contribution >= 4 is 22.1 Å². The molecule has 0 amide bonds. The van der Waals surface area contributed by atoms with Crippen LogP contribution >= 0.6 is 11.3 Å². The van der Waals surface area contributed by atoms with E-state index in [0.717, 1.165) is 5.82 Å². The molecule has 14 heavy (non-hydrogen) atoms. The monoisotopic (exact) mass is 210 g/mol. The molecule has 0 N–H and O–H groups in total. The summed E-state index contributed by atoms with van der Waals surface area (Å²) in [6, 6.07) is 0. The zero-order valence-corrected chi connectivity index (χ0v) is 9.00. The van der Waals surface area contributed by atoms with Gasteiger partial charge in [-0.3, -0.25) is 4.79 Å². The van der Waals surface area contributed by atoms with Crippen LogP contribution in [-0.2, 0) is 0 Å². The number of carbonyl (C=O) groups excluding carboxylic acids is 1. The maximum Gasteiger partial charge on any atom is 0.235 e. The van der Waals surface area contributed by atoms with Crippen molar-refractivity contribution in [2.24, 2.45) is 0 Å². The summed E-state index contributed by atoms with van der Waals surface area (Å²) in [7, 11) is 0. The summed E-state index contributed by atoms with van der Waals surface area (Å²) in [5, 5.41) is 12.6. The number of hydrogen-bond acceptors (Lipinski definition) is 5. The van der Waals surface area contributed by atoms with Crippen LogP contribution in [0, 0.1) is 0 Å². The Balaban J connectivity index is 2.61. The summed E-state index contributed by atoms with van der Waals surface area (Å²) >= 11 is 1.27. The fourth-order valence-corrected chi connectivity index (χ4v) is 1.88. The lowest BCUT2D eigenvalue weighted by Gasteiger charge is -1.97. The highest BCUT2D eigenvalue weighted by molar-refractivity contribution is 7.18. The average molecular weight is 210 g/mol. The van der Waals surface area contributed by atoms with Gasteiger partial charge >= 0.3 is 0 Å². The standard InChI is InChI=1S/C8H10N4OS/c1-4(2)6-9-10-8-12(6)11-7(14-8)5(3)13/h4H,1-3H3. The third-order valence-corrected chi connectivity index (χ3v) is 2.83. The van der Waals surface area contributed by atoms with Gasteiger partial charge in [-0.05, 0) is 0 Å². The van der Waals surface area contributed by atoms with Crippen LogP contribution in [0.4, 0.5) is 0 Å². The summed E-state index contributed by atoms with van der Waals surface area (Å²) in [6.45, 7) is 5.53. The summed E-state index contributed by atoms with van der Waals surface area (Å²) in [5.74, 6) is 1.02. The zero-order chi connectivity index (χ0) is 10.3. The Morgan fingerprint density at radius 2 is 2.14 bits per heavy atom. The molecule has 0 unspecified atom stereocenters. The minimum atomic E-state index is -0.0322. The Hall–Kier alpha value is -1.30. The fourth-order valence-electron chi connectivity index (χ4n) is 1.13. The molecular formula is C8H10N4OS. The molecule has 5 nitrogen and oxygen atoms in total. The second kappa shape index (κ2) is 3.13. The SMILES string of the molecule is CC(=O)c1nn2c(C(C)C)nnc2s1. The highest BCUT2D eigenvalue weighted by atomic mass is 32.1. The Morgan fingerprint density at radius 3 is 2.71 bits per heavy atom. The lowest BCUT2D eigenvalue weighted by atomic mass is 10.2. The summed E-state index contributed by atoms with van der Waals surface area (Å²) in [6.07, 6.45) is 0. The maximum atomic E-state index is 11.1. The van der Waals surface area contributed by atoms with E-state index in [9.17, 15) is 4.79 Å². The van der Waals surface area contributed by atoms with E-state index in [1.54, 1.807) is 4.52 Å². The van der Waals surface area contributed by atoms with Crippen molar-refractivity contribution in [1.29, 1.82) is 0 Å². The lowest BCUT2D eigenvalue weighted by molar-refractivity contribution is 0.101. The number of aromatic nitrogens is 4. The Morgan fingerprint density at radius 1 is 1.43 bits per heavy atom. The quantitative estimate of drug-likeness (QED) is 0.705. The molecule has 0 aliphatic carbocycles. The molecule has 0 saturated carbocycles. The third kappa shape index (κ3) is 1.31. The van der Waals surface area contributed by atoms with Gasteiger partial charge in [-0.1, -0.05) is 25.2 Å². The second-order valence-electron chi connectivity index (χ2n) is 3.37. The number of Topliss-reactive ketones (excluding diaryl/α,β-unsaturated/α-hetero) is 1. The number of fused-ring (bicyclic) bond motifs is 1. The molecule has 0 aliphatic rings. The van der Waals surface area contributed by atoms with Gasteiger partial charge in [0.15, 0.2) is 16.6 Å². The Bertz CT molecular complexity index is 484. The van der Waals surface area contributed by atoms with Crippen molar-refractivity contribution in [3.05, 3.63) is 10.8 Å². The van der Waals surface area contributed by atoms with E-state index in [4.69, 9.17) is 0 Å². The number of carbonyl (C=O) groups is 1. The summed E-state index contributed by atoms with van der Waals surface area (Å²) in [5.41, 5.74) is 0. The fraction of sp³-hybridized carbons (Fsp3) is 0.500. The summed E-state index contributed by atoms with van der Waals surface area (Å²) < 4.78 is 1.64. The van der Waals surface area contributed by atoms with Gasteiger partial charge in [-0.15, -0.1) is 15.3 Å². The van der Waals surface area contributed by atoms with E-state index in [1.807, 2.05) is 13.8 Å². The van der Waals surface area contributed by atoms with Crippen molar-refractivity contribution < 1.29 is 4.79 Å². The first kappa shape index (κ1) is 9.26. The van der Waals surface area contributed by atoms with E-state index in [-0.39, 0.29) is 11.7 Å². The molecule has 6 heteroatoms. The van der Waals surface area contributed by atoms with Crippen LogP contribution < -0.4 is 0 Å². The predicted octanol–water partition coefficient (Wildman–Crippen LogP) is 1.51. The highest BCUT2D eigenvalue weighted by Crippen LogP contribution is 2.18. The minimum Gasteiger partial charge on any atom is -0.292 e. The first-order valence-corrected chi connectivity index (χ1v) is 5.14. The van der Waals surface area contributed by atoms with Gasteiger partial charge in [0.25, 0.3) is 0 Å². The molecule has 0 aromatic carbocycles. The van der Waals surface area contributed by atoms with Crippen LogP contribution in [0.25, 0.3) is 4.96 Å². The molecule has 0 saturated heterocycles. The van der Waals surface area contributed by atoms with Crippen LogP contribution in [0.1, 0.15) is 42.3 Å². The third-order valence-electron chi connectivity index (χ3n) is 1.83. The number of nitrogens with zero attached hydrogens (tertiary/aromatic N) is 4. The molecule has 0 radical (unpaired) electrons. The lowest BCUT2D eigenvalue weighted by Crippen LogP contribution is -2.00. The van der Waals surface area contributed by atoms with Crippen LogP contribution in [0.3, 0.4) is 0 Å². The van der Waals surface area contributed by atoms with E-state index < -0.39 is 0 Å². The molecule has 0 aliphatic heterocycles. The van der Waals surface area contributed by atoms with E-state index in [0.29, 0.717) is 9.97 Å². The van der Waals surface area contributed by atoms with E-state index in [1.165, 1.54) is 18.3 Å². The molecule has 0 bridgehead atoms. The first-order chi connectivity index (χ1) is 6.59. The van der Waals surface area contributed by atoms with Crippen LogP contribution in [0.2, 0.25) is 0 Å². The van der Waals surface area contributed by atoms with Gasteiger partial charge in [0.1, 0.15) is 0 Å². The van der Waals surface area contributed by atoms with Gasteiger partial charge in [0, 0.05) is 12.8 Å². The normalized spacial score (nSPS) is 11.4. The number of hydrogen-bond donors (Lipinski definition) is 0. The molecule has 0 atom stereocenters.